The minimum absolute atomic E-state index is 0.0375. The zero-order chi connectivity index (χ0) is 14.0. The maximum absolute atomic E-state index is 12.2. The summed E-state index contributed by atoms with van der Waals surface area (Å²) < 4.78 is 0. The van der Waals surface area contributed by atoms with Crippen molar-refractivity contribution in [3.05, 3.63) is 23.8 Å². The van der Waals surface area contributed by atoms with E-state index in [0.717, 1.165) is 0 Å². The molecule has 3 N–H and O–H groups in total. The highest BCUT2D eigenvalue weighted by molar-refractivity contribution is 5.97. The lowest BCUT2D eigenvalue weighted by Gasteiger charge is -2.17. The Hall–Kier alpha value is -2.24. The molecule has 1 aromatic carbocycles. The molecule has 1 atom stereocenters. The van der Waals surface area contributed by atoms with Gasteiger partial charge in [0.25, 0.3) is 5.91 Å². The van der Waals surface area contributed by atoms with E-state index in [2.05, 4.69) is 0 Å². The van der Waals surface area contributed by atoms with Gasteiger partial charge in [0.2, 0.25) is 0 Å². The number of carboxylic acids is 1. The maximum atomic E-state index is 12.2. The average Bonchev–Trinajstić information content (AvgIpc) is 2.79. The van der Waals surface area contributed by atoms with Gasteiger partial charge in [-0.1, -0.05) is 6.07 Å². The number of phenolic OH excluding ortho intramolecular Hbond substituents is 2. The number of carboxylic acid groups (broad SMARTS) is 1. The second-order valence-corrected chi connectivity index (χ2v) is 4.68. The van der Waals surface area contributed by atoms with Crippen molar-refractivity contribution < 1.29 is 24.9 Å². The van der Waals surface area contributed by atoms with Crippen LogP contribution in [-0.2, 0) is 4.79 Å². The molecular weight excluding hydrogens is 250 g/mol. The fraction of sp³-hybridized carbons (Fsp3) is 0.385. The van der Waals surface area contributed by atoms with Crippen LogP contribution in [0.1, 0.15) is 23.2 Å². The van der Waals surface area contributed by atoms with E-state index in [9.17, 15) is 19.8 Å². The van der Waals surface area contributed by atoms with Crippen LogP contribution in [-0.4, -0.2) is 45.2 Å². The zero-order valence-corrected chi connectivity index (χ0v) is 10.2. The van der Waals surface area contributed by atoms with Gasteiger partial charge < -0.3 is 20.2 Å². The number of aromatic hydroxyl groups is 2. The van der Waals surface area contributed by atoms with Gasteiger partial charge in [-0.25, -0.2) is 0 Å². The summed E-state index contributed by atoms with van der Waals surface area (Å²) >= 11 is 0. The lowest BCUT2D eigenvalue weighted by atomic mass is 10.1. The topological polar surface area (TPSA) is 98.1 Å². The molecule has 0 bridgehead atoms. The van der Waals surface area contributed by atoms with Crippen molar-refractivity contribution in [2.24, 2.45) is 5.92 Å². The van der Waals surface area contributed by atoms with Crippen LogP contribution in [0.3, 0.4) is 0 Å². The van der Waals surface area contributed by atoms with Crippen molar-refractivity contribution >= 4 is 11.9 Å². The molecule has 0 saturated carbocycles. The molecule has 1 aliphatic heterocycles. The van der Waals surface area contributed by atoms with Crippen LogP contribution in [0.5, 0.6) is 11.5 Å². The van der Waals surface area contributed by atoms with Gasteiger partial charge in [-0.2, -0.15) is 0 Å². The van der Waals surface area contributed by atoms with E-state index >= 15 is 0 Å². The monoisotopic (exact) mass is 265 g/mol. The third-order valence-electron chi connectivity index (χ3n) is 3.28. The lowest BCUT2D eigenvalue weighted by molar-refractivity contribution is -0.138. The van der Waals surface area contributed by atoms with Gasteiger partial charge in [-0.3, -0.25) is 9.59 Å². The van der Waals surface area contributed by atoms with Gasteiger partial charge in [0.15, 0.2) is 11.5 Å². The molecule has 6 nitrogen and oxygen atoms in total. The first kappa shape index (κ1) is 13.2. The van der Waals surface area contributed by atoms with Gasteiger partial charge in [0.1, 0.15) is 0 Å². The number of amides is 1. The number of rotatable bonds is 3. The summed E-state index contributed by atoms with van der Waals surface area (Å²) in [5, 5.41) is 27.7. The number of aliphatic carboxylic acids is 1. The van der Waals surface area contributed by atoms with E-state index in [1.807, 2.05) is 0 Å². The predicted molar refractivity (Wildman–Crippen MR) is 66.0 cm³/mol. The quantitative estimate of drug-likeness (QED) is 0.709. The van der Waals surface area contributed by atoms with Crippen molar-refractivity contribution in [2.75, 3.05) is 13.1 Å². The van der Waals surface area contributed by atoms with Gasteiger partial charge in [0.05, 0.1) is 5.56 Å². The van der Waals surface area contributed by atoms with E-state index < -0.39 is 11.7 Å². The molecular formula is C13H15NO5. The molecule has 102 valence electrons. The number of nitrogens with zero attached hydrogens (tertiary/aromatic N) is 1. The van der Waals surface area contributed by atoms with Crippen LogP contribution in [0, 0.1) is 5.92 Å². The van der Waals surface area contributed by atoms with E-state index in [1.165, 1.54) is 23.1 Å². The number of carbonyl (C=O) groups excluding carboxylic acids is 1. The number of para-hydroxylation sites is 1. The van der Waals surface area contributed by atoms with Crippen LogP contribution in [0.25, 0.3) is 0 Å². The normalized spacial score (nSPS) is 18.5. The Morgan fingerprint density at radius 1 is 1.32 bits per heavy atom. The molecule has 0 aromatic heterocycles. The van der Waals surface area contributed by atoms with E-state index in [1.54, 1.807) is 0 Å². The molecule has 0 spiro atoms. The third kappa shape index (κ3) is 2.78. The number of phenols is 2. The van der Waals surface area contributed by atoms with Gasteiger partial charge in [0, 0.05) is 19.5 Å². The number of benzene rings is 1. The maximum Gasteiger partial charge on any atom is 0.303 e. The second-order valence-electron chi connectivity index (χ2n) is 4.68. The lowest BCUT2D eigenvalue weighted by Crippen LogP contribution is -2.29. The summed E-state index contributed by atoms with van der Waals surface area (Å²) in [5.74, 6) is -2.09. The molecule has 0 aliphatic carbocycles. The van der Waals surface area contributed by atoms with E-state index in [-0.39, 0.29) is 29.6 Å². The average molecular weight is 265 g/mol. The second kappa shape index (κ2) is 5.17. The first-order valence-corrected chi connectivity index (χ1v) is 6.01. The Morgan fingerprint density at radius 2 is 2.05 bits per heavy atom. The van der Waals surface area contributed by atoms with Crippen LogP contribution < -0.4 is 0 Å². The smallest absolute Gasteiger partial charge is 0.303 e. The molecule has 6 heteroatoms. The summed E-state index contributed by atoms with van der Waals surface area (Å²) in [4.78, 5) is 24.3. The summed E-state index contributed by atoms with van der Waals surface area (Å²) in [6.07, 6.45) is 0.674. The molecule has 1 aliphatic rings. The van der Waals surface area contributed by atoms with Crippen molar-refractivity contribution in [1.82, 2.24) is 4.90 Å². The minimum atomic E-state index is -0.875. The fourth-order valence-electron chi connectivity index (χ4n) is 2.30. The molecule has 1 aromatic rings. The molecule has 19 heavy (non-hydrogen) atoms. The third-order valence-corrected chi connectivity index (χ3v) is 3.28. The summed E-state index contributed by atoms with van der Waals surface area (Å²) in [6.45, 7) is 0.826. The highest BCUT2D eigenvalue weighted by Crippen LogP contribution is 2.30. The molecule has 1 amide bonds. The largest absolute Gasteiger partial charge is 0.504 e. The van der Waals surface area contributed by atoms with Crippen molar-refractivity contribution in [2.45, 2.75) is 12.8 Å². The number of carbonyl (C=O) groups is 2. The Labute approximate surface area is 109 Å². The predicted octanol–water partition coefficient (Wildman–Crippen LogP) is 1.03. The standard InChI is InChI=1S/C13H15NO5/c15-10-3-1-2-9(12(10)18)13(19)14-5-4-8(7-14)6-11(16)17/h1-3,8,15,18H,4-7H2,(H,16,17). The number of hydrogen-bond donors (Lipinski definition) is 3. The molecule has 1 unspecified atom stereocenters. The highest BCUT2D eigenvalue weighted by Gasteiger charge is 2.29. The Bertz CT molecular complexity index is 514. The SMILES string of the molecule is O=C(O)CC1CCN(C(=O)c2cccc(O)c2O)C1. The Morgan fingerprint density at radius 3 is 2.74 bits per heavy atom. The van der Waals surface area contributed by atoms with Crippen molar-refractivity contribution in [3.63, 3.8) is 0 Å². The molecule has 1 heterocycles. The number of hydrogen-bond acceptors (Lipinski definition) is 4. The van der Waals surface area contributed by atoms with Crippen LogP contribution in [0.2, 0.25) is 0 Å². The van der Waals surface area contributed by atoms with E-state index in [0.29, 0.717) is 19.5 Å². The number of likely N-dealkylation sites (tertiary alicyclic amines) is 1. The van der Waals surface area contributed by atoms with Crippen LogP contribution in [0.15, 0.2) is 18.2 Å². The van der Waals surface area contributed by atoms with Crippen molar-refractivity contribution in [3.8, 4) is 11.5 Å². The van der Waals surface area contributed by atoms with Crippen LogP contribution >= 0.6 is 0 Å². The van der Waals surface area contributed by atoms with E-state index in [4.69, 9.17) is 5.11 Å². The fourth-order valence-corrected chi connectivity index (χ4v) is 2.30. The summed E-state index contributed by atoms with van der Waals surface area (Å²) in [6, 6.07) is 4.21. The summed E-state index contributed by atoms with van der Waals surface area (Å²) in [5.41, 5.74) is 0.0379. The Kier molecular flexibility index (Phi) is 3.59. The summed E-state index contributed by atoms with van der Waals surface area (Å²) in [7, 11) is 0. The van der Waals surface area contributed by atoms with Crippen LogP contribution in [0.4, 0.5) is 0 Å². The Balaban J connectivity index is 2.09. The van der Waals surface area contributed by atoms with Gasteiger partial charge >= 0.3 is 5.97 Å². The first-order chi connectivity index (χ1) is 8.99. The zero-order valence-electron chi connectivity index (χ0n) is 10.2. The molecule has 0 radical (unpaired) electrons. The van der Waals surface area contributed by atoms with Gasteiger partial charge in [-0.15, -0.1) is 0 Å². The first-order valence-electron chi connectivity index (χ1n) is 6.01. The highest BCUT2D eigenvalue weighted by atomic mass is 16.4. The molecule has 1 fully saturated rings. The van der Waals surface area contributed by atoms with Crippen molar-refractivity contribution in [1.29, 1.82) is 0 Å². The molecule has 2 rings (SSSR count). The minimum Gasteiger partial charge on any atom is -0.504 e. The van der Waals surface area contributed by atoms with Gasteiger partial charge in [-0.05, 0) is 24.5 Å². The molecule has 1 saturated heterocycles.